The lowest BCUT2D eigenvalue weighted by atomic mass is 10.2. The zero-order valence-electron chi connectivity index (χ0n) is 16.2. The lowest BCUT2D eigenvalue weighted by Gasteiger charge is -2.13. The minimum absolute atomic E-state index is 0.106. The molecular formula is C20H19ClFN5O2S. The van der Waals surface area contributed by atoms with Crippen LogP contribution in [0.5, 0.6) is 0 Å². The zero-order chi connectivity index (χ0) is 21.7. The molecule has 1 aromatic heterocycles. The highest BCUT2D eigenvalue weighted by Crippen LogP contribution is 2.20. The molecule has 3 aromatic rings. The van der Waals surface area contributed by atoms with Crippen LogP contribution in [0.2, 0.25) is 5.02 Å². The van der Waals surface area contributed by atoms with Crippen LogP contribution in [0.15, 0.2) is 53.7 Å². The van der Waals surface area contributed by atoms with Gasteiger partial charge in [0, 0.05) is 23.3 Å². The Morgan fingerprint density at radius 3 is 2.47 bits per heavy atom. The third kappa shape index (κ3) is 5.58. The van der Waals surface area contributed by atoms with E-state index in [9.17, 15) is 14.0 Å². The minimum Gasteiger partial charge on any atom is -0.342 e. The molecule has 0 radical (unpaired) electrons. The van der Waals surface area contributed by atoms with Crippen molar-refractivity contribution < 1.29 is 14.0 Å². The van der Waals surface area contributed by atoms with Crippen LogP contribution in [0.3, 0.4) is 0 Å². The Kier molecular flexibility index (Phi) is 7.07. The molecule has 30 heavy (non-hydrogen) atoms. The summed E-state index contributed by atoms with van der Waals surface area (Å²) in [4.78, 5) is 24.5. The summed E-state index contributed by atoms with van der Waals surface area (Å²) in [5, 5.41) is 14.9. The second kappa shape index (κ2) is 9.73. The Hall–Kier alpha value is -2.91. The Morgan fingerprint density at radius 2 is 1.80 bits per heavy atom. The number of amides is 2. The van der Waals surface area contributed by atoms with E-state index in [1.807, 2.05) is 0 Å². The van der Waals surface area contributed by atoms with E-state index >= 15 is 0 Å². The summed E-state index contributed by atoms with van der Waals surface area (Å²) in [6.45, 7) is 1.80. The van der Waals surface area contributed by atoms with Crippen molar-refractivity contribution in [1.29, 1.82) is 0 Å². The number of nitrogens with one attached hydrogen (secondary N) is 2. The molecule has 7 nitrogen and oxygen atoms in total. The molecule has 0 saturated heterocycles. The summed E-state index contributed by atoms with van der Waals surface area (Å²) in [7, 11) is 1.76. The highest BCUT2D eigenvalue weighted by Gasteiger charge is 2.19. The van der Waals surface area contributed by atoms with Gasteiger partial charge >= 0.3 is 0 Å². The Balaban J connectivity index is 1.56. The Morgan fingerprint density at radius 1 is 1.13 bits per heavy atom. The predicted molar refractivity (Wildman–Crippen MR) is 114 cm³/mol. The van der Waals surface area contributed by atoms with Crippen molar-refractivity contribution in [2.45, 2.75) is 18.1 Å². The van der Waals surface area contributed by atoms with Gasteiger partial charge in [0.15, 0.2) is 11.0 Å². The fraction of sp³-hybridized carbons (Fsp3) is 0.200. The van der Waals surface area contributed by atoms with Crippen LogP contribution in [0, 0.1) is 5.82 Å². The Labute approximate surface area is 182 Å². The minimum atomic E-state index is -0.395. The quantitative estimate of drug-likeness (QED) is 0.537. The lowest BCUT2D eigenvalue weighted by Crippen LogP contribution is -2.28. The van der Waals surface area contributed by atoms with Gasteiger partial charge in [-0.15, -0.1) is 10.2 Å². The third-order valence-corrected chi connectivity index (χ3v) is 5.44. The summed E-state index contributed by atoms with van der Waals surface area (Å²) >= 11 is 7.05. The van der Waals surface area contributed by atoms with E-state index in [0.29, 0.717) is 27.3 Å². The van der Waals surface area contributed by atoms with E-state index in [2.05, 4.69) is 20.8 Å². The SMILES string of the molecule is C[C@@H](NC(=O)c1ccc(Cl)cc1)c1nnc(SCC(=O)Nc2ccc(F)cc2)n1C. The molecule has 0 fully saturated rings. The van der Waals surface area contributed by atoms with Gasteiger partial charge in [0.1, 0.15) is 5.82 Å². The number of carbonyl (C=O) groups excluding carboxylic acids is 2. The molecule has 1 heterocycles. The van der Waals surface area contributed by atoms with Gasteiger partial charge in [0.2, 0.25) is 5.91 Å². The van der Waals surface area contributed by atoms with E-state index in [-0.39, 0.29) is 23.4 Å². The van der Waals surface area contributed by atoms with Gasteiger partial charge in [-0.3, -0.25) is 9.59 Å². The molecule has 10 heteroatoms. The van der Waals surface area contributed by atoms with Gasteiger partial charge in [-0.25, -0.2) is 4.39 Å². The van der Waals surface area contributed by atoms with E-state index in [0.717, 1.165) is 0 Å². The first-order chi connectivity index (χ1) is 14.3. The molecule has 156 valence electrons. The molecule has 0 aliphatic carbocycles. The standard InChI is InChI=1S/C20H19ClFN5O2S/c1-12(23-19(29)13-3-5-14(21)6-4-13)18-25-26-20(27(18)2)30-11-17(28)24-16-9-7-15(22)8-10-16/h3-10,12H,11H2,1-2H3,(H,23,29)(H,24,28)/t12-/m1/s1. The van der Waals surface area contributed by atoms with Crippen molar-refractivity contribution in [3.05, 3.63) is 70.8 Å². The van der Waals surface area contributed by atoms with Crippen LogP contribution in [-0.2, 0) is 11.8 Å². The summed E-state index contributed by atoms with van der Waals surface area (Å²) in [5.74, 6) is -0.213. The molecule has 2 amide bonds. The maximum Gasteiger partial charge on any atom is 0.251 e. The number of aromatic nitrogens is 3. The van der Waals surface area contributed by atoms with Crippen molar-refractivity contribution in [2.24, 2.45) is 7.05 Å². The van der Waals surface area contributed by atoms with Gasteiger partial charge in [0.25, 0.3) is 5.91 Å². The van der Waals surface area contributed by atoms with Gasteiger partial charge in [-0.05, 0) is 55.5 Å². The second-order valence-corrected chi connectivity index (χ2v) is 7.82. The average molecular weight is 448 g/mol. The molecule has 0 spiro atoms. The average Bonchev–Trinajstić information content (AvgIpc) is 3.09. The normalized spacial score (nSPS) is 11.7. The van der Waals surface area contributed by atoms with E-state index in [4.69, 9.17) is 11.6 Å². The summed E-state index contributed by atoms with van der Waals surface area (Å²) in [6, 6.07) is 11.7. The largest absolute Gasteiger partial charge is 0.342 e. The van der Waals surface area contributed by atoms with Crippen LogP contribution in [0.1, 0.15) is 29.1 Å². The van der Waals surface area contributed by atoms with E-state index < -0.39 is 6.04 Å². The lowest BCUT2D eigenvalue weighted by molar-refractivity contribution is -0.113. The number of thioether (sulfide) groups is 1. The fourth-order valence-corrected chi connectivity index (χ4v) is 3.48. The number of benzene rings is 2. The molecule has 3 rings (SSSR count). The number of rotatable bonds is 7. The first kappa shape index (κ1) is 21.8. The van der Waals surface area contributed by atoms with Gasteiger partial charge < -0.3 is 15.2 Å². The van der Waals surface area contributed by atoms with Crippen molar-refractivity contribution in [2.75, 3.05) is 11.1 Å². The van der Waals surface area contributed by atoms with Gasteiger partial charge in [-0.2, -0.15) is 0 Å². The first-order valence-corrected chi connectivity index (χ1v) is 10.3. The van der Waals surface area contributed by atoms with Crippen LogP contribution >= 0.6 is 23.4 Å². The number of anilines is 1. The van der Waals surface area contributed by atoms with Crippen LogP contribution in [-0.4, -0.2) is 32.3 Å². The van der Waals surface area contributed by atoms with Gasteiger partial charge in [-0.1, -0.05) is 23.4 Å². The smallest absolute Gasteiger partial charge is 0.251 e. The Bertz CT molecular complexity index is 1040. The first-order valence-electron chi connectivity index (χ1n) is 8.97. The number of hydrogen-bond acceptors (Lipinski definition) is 5. The van der Waals surface area contributed by atoms with Crippen LogP contribution < -0.4 is 10.6 Å². The predicted octanol–water partition coefficient (Wildman–Crippen LogP) is 3.83. The number of nitrogens with zero attached hydrogens (tertiary/aromatic N) is 3. The maximum atomic E-state index is 12.9. The molecule has 0 aliphatic heterocycles. The zero-order valence-corrected chi connectivity index (χ0v) is 17.8. The molecule has 2 N–H and O–H groups in total. The molecule has 2 aromatic carbocycles. The number of carbonyl (C=O) groups is 2. The number of hydrogen-bond donors (Lipinski definition) is 2. The molecule has 0 unspecified atom stereocenters. The van der Waals surface area contributed by atoms with Crippen molar-refractivity contribution in [3.63, 3.8) is 0 Å². The highest BCUT2D eigenvalue weighted by molar-refractivity contribution is 7.99. The maximum absolute atomic E-state index is 12.9. The van der Waals surface area contributed by atoms with E-state index in [1.165, 1.54) is 36.0 Å². The monoisotopic (exact) mass is 447 g/mol. The molecule has 0 aliphatic rings. The fourth-order valence-electron chi connectivity index (χ4n) is 2.64. The van der Waals surface area contributed by atoms with Crippen molar-refractivity contribution >= 4 is 40.9 Å². The van der Waals surface area contributed by atoms with Crippen LogP contribution in [0.4, 0.5) is 10.1 Å². The summed E-state index contributed by atoms with van der Waals surface area (Å²) in [6.07, 6.45) is 0. The highest BCUT2D eigenvalue weighted by atomic mass is 35.5. The van der Waals surface area contributed by atoms with E-state index in [1.54, 1.807) is 42.8 Å². The molecule has 1 atom stereocenters. The second-order valence-electron chi connectivity index (χ2n) is 6.45. The van der Waals surface area contributed by atoms with Crippen LogP contribution in [0.25, 0.3) is 0 Å². The third-order valence-electron chi connectivity index (χ3n) is 4.17. The molecule has 0 bridgehead atoms. The number of halogens is 2. The summed E-state index contributed by atoms with van der Waals surface area (Å²) < 4.78 is 14.7. The summed E-state index contributed by atoms with van der Waals surface area (Å²) in [5.41, 5.74) is 1.000. The molecular weight excluding hydrogens is 429 g/mol. The topological polar surface area (TPSA) is 88.9 Å². The van der Waals surface area contributed by atoms with Crippen molar-refractivity contribution in [1.82, 2.24) is 20.1 Å². The molecule has 0 saturated carbocycles. The van der Waals surface area contributed by atoms with Gasteiger partial charge in [0.05, 0.1) is 11.8 Å². The van der Waals surface area contributed by atoms with Crippen molar-refractivity contribution in [3.8, 4) is 0 Å².